The summed E-state index contributed by atoms with van der Waals surface area (Å²) in [4.78, 5) is 22.7. The first-order chi connectivity index (χ1) is 12.9. The van der Waals surface area contributed by atoms with Gasteiger partial charge in [0.15, 0.2) is 0 Å². The Morgan fingerprint density at radius 3 is 2.18 bits per heavy atom. The van der Waals surface area contributed by atoms with Crippen molar-refractivity contribution in [3.63, 3.8) is 0 Å². The van der Waals surface area contributed by atoms with Crippen molar-refractivity contribution in [3.05, 3.63) is 46.2 Å². The molecule has 1 saturated heterocycles. The van der Waals surface area contributed by atoms with Crippen molar-refractivity contribution in [2.24, 2.45) is 11.8 Å². The molecule has 10 nitrogen and oxygen atoms in total. The third kappa shape index (κ3) is 3.10. The summed E-state index contributed by atoms with van der Waals surface area (Å²) in [6.45, 7) is 3.35. The Bertz CT molecular complexity index is 1080. The number of amides is 1. The second-order valence-corrected chi connectivity index (χ2v) is 10.8. The Labute approximate surface area is 162 Å². The first-order valence-corrected chi connectivity index (χ1v) is 11.7. The van der Waals surface area contributed by atoms with Crippen molar-refractivity contribution in [1.82, 2.24) is 8.61 Å². The number of nitrogens with zero attached hydrogens (tertiary/aromatic N) is 3. The molecule has 0 saturated carbocycles. The van der Waals surface area contributed by atoms with Gasteiger partial charge in [-0.15, -0.1) is 0 Å². The lowest BCUT2D eigenvalue weighted by molar-refractivity contribution is -0.384. The number of nitro benzene ring substituents is 1. The first-order valence-electron chi connectivity index (χ1n) is 8.38. The van der Waals surface area contributed by atoms with Gasteiger partial charge in [-0.25, -0.2) is 21.1 Å². The van der Waals surface area contributed by atoms with Crippen LogP contribution in [0.3, 0.4) is 0 Å². The molecular weight excluding hydrogens is 410 g/mol. The van der Waals surface area contributed by atoms with Crippen LogP contribution >= 0.6 is 0 Å². The van der Waals surface area contributed by atoms with Crippen LogP contribution in [0.5, 0.6) is 0 Å². The zero-order chi connectivity index (χ0) is 21.0. The number of hydrogen-bond donors (Lipinski definition) is 0. The summed E-state index contributed by atoms with van der Waals surface area (Å²) in [7, 11) is -8.01. The van der Waals surface area contributed by atoms with Crippen LogP contribution in [-0.4, -0.2) is 55.1 Å². The monoisotopic (exact) mass is 429 g/mol. The molecule has 3 rings (SSSR count). The number of carbonyl (C=O) groups is 1. The molecule has 0 N–H and O–H groups in total. The number of nitro groups is 1. The highest BCUT2D eigenvalue weighted by molar-refractivity contribution is 7.89. The lowest BCUT2D eigenvalue weighted by atomic mass is 9.90. The number of carbonyl (C=O) groups excluding carboxylic acids is 1. The number of non-ortho nitro benzene ring substituents is 1. The van der Waals surface area contributed by atoms with Crippen molar-refractivity contribution in [1.29, 1.82) is 0 Å². The molecule has 0 unspecified atom stereocenters. The van der Waals surface area contributed by atoms with Crippen LogP contribution in [0.15, 0.2) is 40.9 Å². The Kier molecular flexibility index (Phi) is 4.84. The highest BCUT2D eigenvalue weighted by Crippen LogP contribution is 2.43. The third-order valence-electron chi connectivity index (χ3n) is 4.86. The van der Waals surface area contributed by atoms with E-state index in [2.05, 4.69) is 0 Å². The van der Waals surface area contributed by atoms with Crippen molar-refractivity contribution in [2.75, 3.05) is 12.8 Å². The van der Waals surface area contributed by atoms with Crippen LogP contribution in [0, 0.1) is 22.0 Å². The fraction of sp³-hybridized carbons (Fsp3) is 0.438. The van der Waals surface area contributed by atoms with Gasteiger partial charge in [0.25, 0.3) is 5.69 Å². The van der Waals surface area contributed by atoms with E-state index in [-0.39, 0.29) is 28.7 Å². The standard InChI is InChI=1S/C16H19N3O7S2/c1-10(2)14-15-13(18(16(14)20)27(3,23)24)8-9-17(15)28(25,26)12-6-4-11(5-7-12)19(21)22/h4-8,10,14-15H,9H2,1-3H3/t14-,15+/m1/s1. The largest absolute Gasteiger partial charge is 0.273 e. The minimum absolute atomic E-state index is 0.0954. The number of benzene rings is 1. The maximum Gasteiger partial charge on any atom is 0.269 e. The van der Waals surface area contributed by atoms with Crippen LogP contribution in [-0.2, 0) is 24.8 Å². The quantitative estimate of drug-likeness (QED) is 0.502. The topological polar surface area (TPSA) is 135 Å². The van der Waals surface area contributed by atoms with Crippen LogP contribution in [0.2, 0.25) is 0 Å². The number of sulfonamides is 2. The molecule has 1 amide bonds. The lowest BCUT2D eigenvalue weighted by Crippen LogP contribution is -2.42. The van der Waals surface area contributed by atoms with Gasteiger partial charge in [-0.3, -0.25) is 14.9 Å². The zero-order valence-corrected chi connectivity index (χ0v) is 17.0. The van der Waals surface area contributed by atoms with Crippen LogP contribution in [0.4, 0.5) is 5.69 Å². The summed E-state index contributed by atoms with van der Waals surface area (Å²) < 4.78 is 52.3. The van der Waals surface area contributed by atoms with Gasteiger partial charge < -0.3 is 0 Å². The molecule has 28 heavy (non-hydrogen) atoms. The van der Waals surface area contributed by atoms with Crippen molar-refractivity contribution >= 4 is 31.6 Å². The van der Waals surface area contributed by atoms with Gasteiger partial charge in [-0.1, -0.05) is 13.8 Å². The Balaban J connectivity index is 2.05. The molecule has 0 bridgehead atoms. The van der Waals surface area contributed by atoms with E-state index in [1.54, 1.807) is 13.8 Å². The summed E-state index contributed by atoms with van der Waals surface area (Å²) in [6.07, 6.45) is 2.33. The predicted molar refractivity (Wildman–Crippen MR) is 98.9 cm³/mol. The molecule has 2 aliphatic heterocycles. The van der Waals surface area contributed by atoms with Crippen molar-refractivity contribution in [2.45, 2.75) is 24.8 Å². The maximum atomic E-state index is 13.1. The van der Waals surface area contributed by atoms with E-state index >= 15 is 0 Å². The highest BCUT2D eigenvalue weighted by atomic mass is 32.2. The molecule has 1 aromatic carbocycles. The summed E-state index contributed by atoms with van der Waals surface area (Å²) in [5.41, 5.74) is -0.116. The minimum atomic E-state index is -4.11. The SMILES string of the molecule is CC(C)[C@H]1C(=O)N(S(C)(=O)=O)C2=CCN(S(=O)(=O)c3ccc([N+](=O)[O-])cc3)[C@@H]21. The lowest BCUT2D eigenvalue weighted by Gasteiger charge is -2.28. The van der Waals surface area contributed by atoms with Gasteiger partial charge in [0.05, 0.1) is 33.7 Å². The van der Waals surface area contributed by atoms with E-state index in [4.69, 9.17) is 0 Å². The fourth-order valence-electron chi connectivity index (χ4n) is 3.66. The molecule has 1 fully saturated rings. The Hall–Kier alpha value is -2.31. The van der Waals surface area contributed by atoms with Gasteiger partial charge in [0, 0.05) is 18.7 Å². The van der Waals surface area contributed by atoms with Crippen molar-refractivity contribution in [3.8, 4) is 0 Å². The molecule has 0 radical (unpaired) electrons. The van der Waals surface area contributed by atoms with Crippen LogP contribution in [0.25, 0.3) is 0 Å². The molecule has 0 aromatic heterocycles. The second kappa shape index (κ2) is 6.64. The number of hydrogen-bond acceptors (Lipinski definition) is 7. The molecular formula is C16H19N3O7S2. The van der Waals surface area contributed by atoms with Gasteiger partial charge in [-0.2, -0.15) is 4.31 Å². The second-order valence-electron chi connectivity index (χ2n) is 7.03. The van der Waals surface area contributed by atoms with E-state index in [0.29, 0.717) is 4.31 Å². The summed E-state index contributed by atoms with van der Waals surface area (Å²) >= 11 is 0. The molecule has 0 spiro atoms. The number of rotatable bonds is 5. The fourth-order valence-corrected chi connectivity index (χ4v) is 6.23. The Morgan fingerprint density at radius 2 is 1.71 bits per heavy atom. The third-order valence-corrected chi connectivity index (χ3v) is 7.77. The molecule has 1 aromatic rings. The average Bonchev–Trinajstić information content (AvgIpc) is 3.10. The molecule has 2 heterocycles. The summed E-state index contributed by atoms with van der Waals surface area (Å²) in [6, 6.07) is 3.48. The molecule has 152 valence electrons. The summed E-state index contributed by atoms with van der Waals surface area (Å²) in [5, 5.41) is 10.8. The highest BCUT2D eigenvalue weighted by Gasteiger charge is 2.56. The smallest absolute Gasteiger partial charge is 0.269 e. The van der Waals surface area contributed by atoms with Crippen molar-refractivity contribution < 1.29 is 26.6 Å². The van der Waals surface area contributed by atoms with E-state index in [0.717, 1.165) is 34.8 Å². The van der Waals surface area contributed by atoms with E-state index in [1.807, 2.05) is 0 Å². The van der Waals surface area contributed by atoms with Gasteiger partial charge in [-0.05, 0) is 24.1 Å². The average molecular weight is 429 g/mol. The molecule has 2 atom stereocenters. The maximum absolute atomic E-state index is 13.1. The van der Waals surface area contributed by atoms with Crippen LogP contribution < -0.4 is 0 Å². The van der Waals surface area contributed by atoms with Crippen LogP contribution in [0.1, 0.15) is 13.8 Å². The molecule has 12 heteroatoms. The van der Waals surface area contributed by atoms with Gasteiger partial charge >= 0.3 is 0 Å². The van der Waals surface area contributed by atoms with Gasteiger partial charge in [0.2, 0.25) is 26.0 Å². The Morgan fingerprint density at radius 1 is 1.14 bits per heavy atom. The van der Waals surface area contributed by atoms with Gasteiger partial charge in [0.1, 0.15) is 0 Å². The predicted octanol–water partition coefficient (Wildman–Crippen LogP) is 0.926. The normalized spacial score (nSPS) is 23.2. The zero-order valence-electron chi connectivity index (χ0n) is 15.3. The van der Waals surface area contributed by atoms with E-state index in [1.165, 1.54) is 6.08 Å². The molecule has 0 aliphatic carbocycles. The first kappa shape index (κ1) is 20.4. The minimum Gasteiger partial charge on any atom is -0.273 e. The molecule has 2 aliphatic rings. The van der Waals surface area contributed by atoms with E-state index in [9.17, 15) is 31.7 Å². The summed E-state index contributed by atoms with van der Waals surface area (Å²) in [5.74, 6) is -1.81. The number of fused-ring (bicyclic) bond motifs is 1. The van der Waals surface area contributed by atoms with E-state index < -0.39 is 42.8 Å².